The molecule has 3 N–H and O–H groups in total. The summed E-state index contributed by atoms with van der Waals surface area (Å²) in [5, 5.41) is 0. The minimum Gasteiger partial charge on any atom is -0.348 e. The number of aromatic nitrogens is 2. The quantitative estimate of drug-likeness (QED) is 0.745. The van der Waals surface area contributed by atoms with E-state index in [0.29, 0.717) is 38.9 Å². The monoisotopic (exact) mass is 453 g/mol. The third kappa shape index (κ3) is 4.06. The van der Waals surface area contributed by atoms with Gasteiger partial charge in [0.1, 0.15) is 6.04 Å². The van der Waals surface area contributed by atoms with Gasteiger partial charge in [0.05, 0.1) is 17.6 Å². The predicted molar refractivity (Wildman–Crippen MR) is 120 cm³/mol. The van der Waals surface area contributed by atoms with Crippen LogP contribution < -0.4 is 5.73 Å². The van der Waals surface area contributed by atoms with Crippen LogP contribution in [0.15, 0.2) is 36.7 Å². The van der Waals surface area contributed by atoms with E-state index < -0.39 is 11.6 Å². The van der Waals surface area contributed by atoms with Gasteiger partial charge in [-0.1, -0.05) is 37.3 Å². The highest BCUT2D eigenvalue weighted by atomic mass is 35.5. The van der Waals surface area contributed by atoms with Crippen LogP contribution in [0.3, 0.4) is 0 Å². The van der Waals surface area contributed by atoms with Gasteiger partial charge in [-0.15, -0.1) is 24.8 Å². The molecule has 2 amide bonds. The smallest absolute Gasteiger partial charge is 0.244 e. The maximum atomic E-state index is 12.9. The first-order valence-electron chi connectivity index (χ1n) is 9.99. The van der Waals surface area contributed by atoms with Crippen LogP contribution in [-0.2, 0) is 21.5 Å². The Balaban J connectivity index is 0.00000160. The molecule has 0 saturated carbocycles. The number of rotatable bonds is 3. The van der Waals surface area contributed by atoms with Gasteiger partial charge in [0.25, 0.3) is 0 Å². The molecule has 1 atom stereocenters. The Morgan fingerprint density at radius 1 is 1.17 bits per heavy atom. The van der Waals surface area contributed by atoms with Crippen molar-refractivity contribution in [2.24, 2.45) is 5.73 Å². The van der Waals surface area contributed by atoms with Crippen molar-refractivity contribution >= 4 is 36.6 Å². The highest BCUT2D eigenvalue weighted by molar-refractivity contribution is 5.85. The van der Waals surface area contributed by atoms with E-state index in [4.69, 9.17) is 5.73 Å². The number of amides is 2. The molecule has 0 unspecified atom stereocenters. The van der Waals surface area contributed by atoms with E-state index >= 15 is 0 Å². The molecule has 164 valence electrons. The van der Waals surface area contributed by atoms with Gasteiger partial charge in [-0.05, 0) is 18.4 Å². The molecule has 2 aliphatic rings. The van der Waals surface area contributed by atoms with Crippen LogP contribution in [0.4, 0.5) is 0 Å². The van der Waals surface area contributed by atoms with Gasteiger partial charge in [-0.2, -0.15) is 0 Å². The van der Waals surface area contributed by atoms with Crippen molar-refractivity contribution in [3.63, 3.8) is 0 Å². The number of nitrogens with zero attached hydrogens (tertiary/aromatic N) is 3. The number of H-pyrrole nitrogens is 1. The van der Waals surface area contributed by atoms with E-state index in [0.717, 1.165) is 23.4 Å². The maximum Gasteiger partial charge on any atom is 0.244 e. The van der Waals surface area contributed by atoms with E-state index in [1.165, 1.54) is 0 Å². The number of aromatic amines is 1. The zero-order valence-electron chi connectivity index (χ0n) is 17.0. The number of piperidine rings is 1. The van der Waals surface area contributed by atoms with Gasteiger partial charge >= 0.3 is 0 Å². The Morgan fingerprint density at radius 2 is 1.83 bits per heavy atom. The summed E-state index contributed by atoms with van der Waals surface area (Å²) in [6, 6.07) is 8.80. The van der Waals surface area contributed by atoms with Crippen molar-refractivity contribution in [1.82, 2.24) is 19.8 Å². The number of carbonyl (C=O) groups is 2. The first kappa shape index (κ1) is 24.2. The molecule has 1 aromatic carbocycles. The fourth-order valence-corrected chi connectivity index (χ4v) is 4.64. The van der Waals surface area contributed by atoms with Gasteiger partial charge < -0.3 is 20.5 Å². The Kier molecular flexibility index (Phi) is 7.91. The lowest BCUT2D eigenvalue weighted by Crippen LogP contribution is -2.59. The number of carbonyl (C=O) groups excluding carboxylic acids is 2. The van der Waals surface area contributed by atoms with Crippen LogP contribution in [0.5, 0.6) is 0 Å². The Morgan fingerprint density at radius 3 is 2.47 bits per heavy atom. The van der Waals surface area contributed by atoms with Gasteiger partial charge in [0.2, 0.25) is 11.8 Å². The Labute approximate surface area is 189 Å². The summed E-state index contributed by atoms with van der Waals surface area (Å²) < 4.78 is 0. The topological polar surface area (TPSA) is 95.3 Å². The number of nitrogens with two attached hydrogens (primary N) is 1. The van der Waals surface area contributed by atoms with Crippen LogP contribution in [0.1, 0.15) is 49.2 Å². The molecule has 0 aliphatic carbocycles. The molecule has 1 aromatic heterocycles. The first-order valence-corrected chi connectivity index (χ1v) is 9.99. The lowest BCUT2D eigenvalue weighted by molar-refractivity contribution is -0.144. The fourth-order valence-electron chi connectivity index (χ4n) is 4.64. The van der Waals surface area contributed by atoms with E-state index in [1.807, 2.05) is 47.1 Å². The highest BCUT2D eigenvalue weighted by Gasteiger charge is 2.49. The normalized spacial score (nSPS) is 18.1. The number of imidazole rings is 1. The standard InChI is InChI=1S/C21H27N5O2.2ClH/c1-2-17(27)26-11-8-16-19(24-14-23-16)21(26)9-12-25(13-10-21)20(28)18(22)15-6-4-3-5-7-15;;/h3-7,14,18H,2,8-13,22H2,1H3,(H,23,24);2*1H/t18-;;/m1../s1. The van der Waals surface area contributed by atoms with Crippen LogP contribution in [0, 0.1) is 0 Å². The maximum absolute atomic E-state index is 12.9. The summed E-state index contributed by atoms with van der Waals surface area (Å²) in [6.07, 6.45) is 4.36. The zero-order valence-corrected chi connectivity index (χ0v) is 18.7. The SMILES string of the molecule is CCC(=O)N1CCc2[nH]cnc2C12CCN(C(=O)[C@H](N)c1ccccc1)CC2.Cl.Cl. The van der Waals surface area contributed by atoms with E-state index in [1.54, 1.807) is 6.33 Å². The van der Waals surface area contributed by atoms with Crippen molar-refractivity contribution < 1.29 is 9.59 Å². The van der Waals surface area contributed by atoms with Crippen molar-refractivity contribution in [3.8, 4) is 0 Å². The van der Waals surface area contributed by atoms with Crippen LogP contribution >= 0.6 is 24.8 Å². The lowest BCUT2D eigenvalue weighted by Gasteiger charge is -2.50. The first-order chi connectivity index (χ1) is 13.6. The molecule has 1 spiro atoms. The number of benzene rings is 1. The molecular weight excluding hydrogens is 425 g/mol. The largest absolute Gasteiger partial charge is 0.348 e. The average molecular weight is 454 g/mol. The van der Waals surface area contributed by atoms with Crippen molar-refractivity contribution in [3.05, 3.63) is 53.6 Å². The summed E-state index contributed by atoms with van der Waals surface area (Å²) in [5.41, 5.74) is 8.71. The van der Waals surface area contributed by atoms with Gasteiger partial charge in [-0.3, -0.25) is 9.59 Å². The van der Waals surface area contributed by atoms with Gasteiger partial charge in [-0.25, -0.2) is 4.98 Å². The number of halogens is 2. The summed E-state index contributed by atoms with van der Waals surface area (Å²) in [5.74, 6) is 0.0851. The van der Waals surface area contributed by atoms with E-state index in [9.17, 15) is 9.59 Å². The summed E-state index contributed by atoms with van der Waals surface area (Å²) in [6.45, 7) is 3.73. The zero-order chi connectivity index (χ0) is 19.7. The molecule has 2 aliphatic heterocycles. The summed E-state index contributed by atoms with van der Waals surface area (Å²) >= 11 is 0. The van der Waals surface area contributed by atoms with Crippen LogP contribution in [-0.4, -0.2) is 51.2 Å². The molecule has 0 radical (unpaired) electrons. The molecule has 0 bridgehead atoms. The molecule has 2 aromatic rings. The molecule has 1 saturated heterocycles. The van der Waals surface area contributed by atoms with Crippen LogP contribution in [0.25, 0.3) is 0 Å². The average Bonchev–Trinajstić information content (AvgIpc) is 3.24. The number of fused-ring (bicyclic) bond motifs is 2. The number of hydrogen-bond acceptors (Lipinski definition) is 4. The van der Waals surface area contributed by atoms with Crippen molar-refractivity contribution in [1.29, 1.82) is 0 Å². The Hall–Kier alpha value is -2.09. The summed E-state index contributed by atoms with van der Waals surface area (Å²) in [4.78, 5) is 37.2. The van der Waals surface area contributed by atoms with Crippen molar-refractivity contribution in [2.45, 2.75) is 44.2 Å². The molecule has 30 heavy (non-hydrogen) atoms. The number of hydrogen-bond donors (Lipinski definition) is 2. The highest BCUT2D eigenvalue weighted by Crippen LogP contribution is 2.42. The van der Waals surface area contributed by atoms with E-state index in [-0.39, 0.29) is 36.6 Å². The second-order valence-electron chi connectivity index (χ2n) is 7.62. The molecule has 9 heteroatoms. The van der Waals surface area contributed by atoms with Crippen LogP contribution in [0.2, 0.25) is 0 Å². The Bertz CT molecular complexity index is 865. The molecule has 1 fully saturated rings. The minimum absolute atomic E-state index is 0. The molecule has 7 nitrogen and oxygen atoms in total. The predicted octanol–water partition coefficient (Wildman–Crippen LogP) is 2.57. The molecular formula is C21H29Cl2N5O2. The fraction of sp³-hybridized carbons (Fsp3) is 0.476. The van der Waals surface area contributed by atoms with Crippen molar-refractivity contribution in [2.75, 3.05) is 19.6 Å². The molecule has 4 rings (SSSR count). The number of nitrogens with one attached hydrogen (secondary N) is 1. The minimum atomic E-state index is -0.657. The lowest BCUT2D eigenvalue weighted by atomic mass is 9.78. The number of likely N-dealkylation sites (tertiary alicyclic amines) is 1. The van der Waals surface area contributed by atoms with Gasteiger partial charge in [0, 0.05) is 38.2 Å². The molecule has 3 heterocycles. The second-order valence-corrected chi connectivity index (χ2v) is 7.62. The third-order valence-corrected chi connectivity index (χ3v) is 6.19. The summed E-state index contributed by atoms with van der Waals surface area (Å²) in [7, 11) is 0. The van der Waals surface area contributed by atoms with E-state index in [2.05, 4.69) is 9.97 Å². The third-order valence-electron chi connectivity index (χ3n) is 6.19. The van der Waals surface area contributed by atoms with Gasteiger partial charge in [0.15, 0.2) is 0 Å². The second kappa shape index (κ2) is 9.81.